The van der Waals surface area contributed by atoms with Gasteiger partial charge in [-0.3, -0.25) is 9.59 Å². The third-order valence-electron chi connectivity index (χ3n) is 9.89. The van der Waals surface area contributed by atoms with Gasteiger partial charge in [0, 0.05) is 30.8 Å². The zero-order valence-corrected chi connectivity index (χ0v) is 18.5. The molecule has 5 rings (SSSR count). The fourth-order valence-electron chi connectivity index (χ4n) is 8.14. The average molecular weight is 416 g/mol. The largest absolute Gasteiger partial charge is 0.391 e. The summed E-state index contributed by atoms with van der Waals surface area (Å²) >= 11 is 0. The summed E-state index contributed by atoms with van der Waals surface area (Å²) in [6, 6.07) is 0.172. The summed E-state index contributed by atoms with van der Waals surface area (Å²) in [4.78, 5) is 30.0. The Morgan fingerprint density at radius 2 is 2.00 bits per heavy atom. The molecule has 1 aliphatic heterocycles. The molecule has 2 N–H and O–H groups in total. The van der Waals surface area contributed by atoms with Crippen molar-refractivity contribution in [2.75, 3.05) is 13.1 Å². The van der Waals surface area contributed by atoms with Crippen molar-refractivity contribution in [2.45, 2.75) is 83.8 Å². The van der Waals surface area contributed by atoms with Crippen LogP contribution in [0.4, 0.5) is 0 Å². The highest BCUT2D eigenvalue weighted by Gasteiger charge is 2.62. The number of hydrogen-bond acceptors (Lipinski definition) is 5. The highest BCUT2D eigenvalue weighted by Crippen LogP contribution is 2.65. The molecule has 4 saturated carbocycles. The summed E-state index contributed by atoms with van der Waals surface area (Å²) in [6.45, 7) is 6.58. The summed E-state index contributed by atoms with van der Waals surface area (Å²) in [5.74, 6) is 2.58. The first-order valence-electron chi connectivity index (χ1n) is 12.1. The smallest absolute Gasteiger partial charge is 0.207 e. The Balaban J connectivity index is 1.38. The van der Waals surface area contributed by atoms with Crippen molar-refractivity contribution in [3.8, 4) is 0 Å². The van der Waals surface area contributed by atoms with Gasteiger partial charge in [-0.25, -0.2) is 0 Å². The molecule has 0 spiro atoms. The van der Waals surface area contributed by atoms with E-state index < -0.39 is 0 Å². The molecular weight excluding hydrogens is 378 g/mol. The number of ketones is 1. The first-order chi connectivity index (χ1) is 14.5. The van der Waals surface area contributed by atoms with Crippen LogP contribution in [0.2, 0.25) is 0 Å². The molecule has 1 unspecified atom stereocenters. The molecule has 1 heterocycles. The van der Waals surface area contributed by atoms with Gasteiger partial charge >= 0.3 is 0 Å². The van der Waals surface area contributed by atoms with Crippen LogP contribution in [0, 0.1) is 34.5 Å². The van der Waals surface area contributed by atoms with E-state index in [4.69, 9.17) is 4.84 Å². The van der Waals surface area contributed by atoms with E-state index in [1.54, 1.807) is 0 Å². The minimum atomic E-state index is -0.124. The second kappa shape index (κ2) is 7.61. The molecule has 5 aliphatic rings. The van der Waals surface area contributed by atoms with Crippen molar-refractivity contribution < 1.29 is 14.4 Å². The van der Waals surface area contributed by atoms with Gasteiger partial charge in [0.2, 0.25) is 6.41 Å². The Morgan fingerprint density at radius 3 is 2.77 bits per heavy atom. The molecule has 6 nitrogen and oxygen atoms in total. The number of carbonyl (C=O) groups is 2. The van der Waals surface area contributed by atoms with Crippen LogP contribution < -0.4 is 10.6 Å². The summed E-state index contributed by atoms with van der Waals surface area (Å²) < 4.78 is 0. The molecule has 0 radical (unpaired) electrons. The number of nitrogens with one attached hydrogen (secondary N) is 2. The van der Waals surface area contributed by atoms with E-state index in [0.29, 0.717) is 29.5 Å². The minimum absolute atomic E-state index is 0.124. The van der Waals surface area contributed by atoms with Gasteiger partial charge in [-0.05, 0) is 80.6 Å². The maximum atomic E-state index is 12.7. The van der Waals surface area contributed by atoms with Gasteiger partial charge in [0.05, 0.1) is 5.71 Å². The van der Waals surface area contributed by atoms with E-state index >= 15 is 0 Å². The SMILES string of the molecule is C[C@]12CC/C(=N\O[C@@H]3CCNC3)CC1[C@@H](NC=O)C[C@@H]1[C@@H]2CC[C@]2(C)C(=O)CC[C@@H]12. The van der Waals surface area contributed by atoms with Crippen molar-refractivity contribution >= 4 is 17.9 Å². The van der Waals surface area contributed by atoms with Crippen molar-refractivity contribution in [1.82, 2.24) is 10.6 Å². The quantitative estimate of drug-likeness (QED) is 0.546. The van der Waals surface area contributed by atoms with Crippen LogP contribution in [0.1, 0.15) is 71.6 Å². The molecule has 166 valence electrons. The molecule has 30 heavy (non-hydrogen) atoms. The maximum Gasteiger partial charge on any atom is 0.207 e. The highest BCUT2D eigenvalue weighted by atomic mass is 16.6. The lowest BCUT2D eigenvalue weighted by Gasteiger charge is -2.61. The second-order valence-corrected chi connectivity index (χ2v) is 11.1. The van der Waals surface area contributed by atoms with Crippen LogP contribution in [0.5, 0.6) is 0 Å². The van der Waals surface area contributed by atoms with Gasteiger partial charge in [-0.1, -0.05) is 19.0 Å². The number of amides is 1. The van der Waals surface area contributed by atoms with Gasteiger partial charge in [0.15, 0.2) is 0 Å². The molecule has 0 bridgehead atoms. The summed E-state index contributed by atoms with van der Waals surface area (Å²) in [6.07, 6.45) is 10.1. The molecule has 0 aromatic rings. The highest BCUT2D eigenvalue weighted by molar-refractivity contribution is 5.87. The lowest BCUT2D eigenvalue weighted by molar-refractivity contribution is -0.140. The van der Waals surface area contributed by atoms with E-state index in [1.165, 1.54) is 0 Å². The molecule has 4 aliphatic carbocycles. The number of rotatable bonds is 4. The van der Waals surface area contributed by atoms with Crippen molar-refractivity contribution in [3.05, 3.63) is 0 Å². The fourth-order valence-corrected chi connectivity index (χ4v) is 8.14. The molecule has 0 aromatic carbocycles. The van der Waals surface area contributed by atoms with E-state index in [0.717, 1.165) is 83.0 Å². The van der Waals surface area contributed by atoms with Crippen molar-refractivity contribution in [2.24, 2.45) is 39.7 Å². The average Bonchev–Trinajstić information content (AvgIpc) is 3.35. The lowest BCUT2D eigenvalue weighted by Crippen LogP contribution is -2.60. The number of nitrogens with zero attached hydrogens (tertiary/aromatic N) is 1. The molecule has 5 fully saturated rings. The molecular formula is C24H37N3O3. The van der Waals surface area contributed by atoms with Gasteiger partial charge < -0.3 is 15.5 Å². The number of hydrogen-bond donors (Lipinski definition) is 2. The molecule has 1 saturated heterocycles. The third-order valence-corrected chi connectivity index (χ3v) is 9.89. The van der Waals surface area contributed by atoms with Gasteiger partial charge in [0.1, 0.15) is 11.9 Å². The van der Waals surface area contributed by atoms with E-state index in [1.807, 2.05) is 0 Å². The van der Waals surface area contributed by atoms with E-state index in [9.17, 15) is 9.59 Å². The first-order valence-corrected chi connectivity index (χ1v) is 12.1. The normalized spacial score (nSPS) is 49.3. The van der Waals surface area contributed by atoms with E-state index in [-0.39, 0.29) is 23.0 Å². The van der Waals surface area contributed by atoms with Crippen LogP contribution in [0.25, 0.3) is 0 Å². The Kier molecular flexibility index (Phi) is 5.19. The zero-order chi connectivity index (χ0) is 20.9. The van der Waals surface area contributed by atoms with Crippen LogP contribution >= 0.6 is 0 Å². The van der Waals surface area contributed by atoms with Gasteiger partial charge in [-0.15, -0.1) is 0 Å². The standard InChI is InChI=1S/C24H37N3O3/c1-23-8-5-15(27-30-16-7-10-25-13-16)11-20(23)21(26-14-28)12-17-18-3-4-22(29)24(18,2)9-6-19(17)23/h14,16-21,25H,3-13H2,1-2H3,(H,26,28)/b27-15+/t16-,17+,18+,19+,20?,21+,23-,24+/m1/s1. The van der Waals surface area contributed by atoms with Crippen LogP contribution in [0.3, 0.4) is 0 Å². The summed E-state index contributed by atoms with van der Waals surface area (Å²) in [5.41, 5.74) is 1.24. The molecule has 0 aromatic heterocycles. The van der Waals surface area contributed by atoms with Gasteiger partial charge in [-0.2, -0.15) is 0 Å². The Labute approximate surface area is 179 Å². The fraction of sp³-hybridized carbons (Fsp3) is 0.875. The predicted octanol–water partition coefficient (Wildman–Crippen LogP) is 3.06. The third kappa shape index (κ3) is 3.12. The second-order valence-electron chi connectivity index (χ2n) is 11.1. The first kappa shape index (κ1) is 20.5. The van der Waals surface area contributed by atoms with Crippen molar-refractivity contribution in [3.63, 3.8) is 0 Å². The Bertz CT molecular complexity index is 733. The van der Waals surface area contributed by atoms with Crippen LogP contribution in [-0.2, 0) is 14.4 Å². The minimum Gasteiger partial charge on any atom is -0.391 e. The number of oxime groups is 1. The Morgan fingerprint density at radius 1 is 1.13 bits per heavy atom. The van der Waals surface area contributed by atoms with Crippen molar-refractivity contribution in [1.29, 1.82) is 0 Å². The zero-order valence-electron chi connectivity index (χ0n) is 18.5. The van der Waals surface area contributed by atoms with Crippen LogP contribution in [-0.4, -0.2) is 43.1 Å². The lowest BCUT2D eigenvalue weighted by atomic mass is 9.44. The topological polar surface area (TPSA) is 79.8 Å². The molecule has 1 amide bonds. The van der Waals surface area contributed by atoms with E-state index in [2.05, 4.69) is 29.6 Å². The monoisotopic (exact) mass is 415 g/mol. The van der Waals surface area contributed by atoms with Crippen LogP contribution in [0.15, 0.2) is 5.16 Å². The Hall–Kier alpha value is -1.43. The summed E-state index contributed by atoms with van der Waals surface area (Å²) in [5, 5.41) is 11.1. The maximum absolute atomic E-state index is 12.7. The number of fused-ring (bicyclic) bond motifs is 5. The molecule has 6 heteroatoms. The number of carbonyl (C=O) groups excluding carboxylic acids is 2. The predicted molar refractivity (Wildman–Crippen MR) is 115 cm³/mol. The van der Waals surface area contributed by atoms with Gasteiger partial charge in [0.25, 0.3) is 0 Å². The number of Topliss-reactive ketones (excluding diaryl/α,β-unsaturated/α-hetero) is 1. The summed E-state index contributed by atoms with van der Waals surface area (Å²) in [7, 11) is 0. The molecule has 8 atom stereocenters.